The summed E-state index contributed by atoms with van der Waals surface area (Å²) in [7, 11) is 3.34. The molecule has 1 saturated heterocycles. The van der Waals surface area contributed by atoms with Crippen LogP contribution in [0, 0.1) is 0 Å². The summed E-state index contributed by atoms with van der Waals surface area (Å²) >= 11 is 0. The summed E-state index contributed by atoms with van der Waals surface area (Å²) in [5.41, 5.74) is 3.51. The third kappa shape index (κ3) is 3.75. The first-order valence-corrected chi connectivity index (χ1v) is 8.60. The van der Waals surface area contributed by atoms with Crippen molar-refractivity contribution in [3.63, 3.8) is 0 Å². The Hall–Kier alpha value is -2.36. The lowest BCUT2D eigenvalue weighted by molar-refractivity contribution is 0.352. The third-order valence-electron chi connectivity index (χ3n) is 4.56. The highest BCUT2D eigenvalue weighted by Gasteiger charge is 2.11. The molecule has 128 valence electrons. The van der Waals surface area contributed by atoms with Crippen LogP contribution in [0.4, 0.5) is 11.4 Å². The highest BCUT2D eigenvalue weighted by Crippen LogP contribution is 2.31. The summed E-state index contributed by atoms with van der Waals surface area (Å²) in [4.78, 5) is 2.47. The van der Waals surface area contributed by atoms with Gasteiger partial charge in [0.25, 0.3) is 0 Å². The van der Waals surface area contributed by atoms with Gasteiger partial charge in [0.1, 0.15) is 0 Å². The predicted octanol–water partition coefficient (Wildman–Crippen LogP) is 4.31. The fraction of sp³-hybridized carbons (Fsp3) is 0.400. The summed E-state index contributed by atoms with van der Waals surface area (Å²) in [5.74, 6) is 1.55. The molecule has 4 heteroatoms. The molecule has 0 radical (unpaired) electrons. The van der Waals surface area contributed by atoms with Gasteiger partial charge >= 0.3 is 0 Å². The lowest BCUT2D eigenvalue weighted by Gasteiger charge is -2.28. The van der Waals surface area contributed by atoms with E-state index >= 15 is 0 Å². The monoisotopic (exact) mass is 326 g/mol. The number of nitrogens with one attached hydrogen (secondary N) is 1. The van der Waals surface area contributed by atoms with E-state index in [0.29, 0.717) is 6.54 Å². The van der Waals surface area contributed by atoms with E-state index in [1.54, 1.807) is 14.2 Å². The predicted molar refractivity (Wildman–Crippen MR) is 99.4 cm³/mol. The molecule has 0 saturated carbocycles. The zero-order valence-electron chi connectivity index (χ0n) is 14.5. The number of rotatable bonds is 6. The minimum atomic E-state index is 0.698. The molecular weight excluding hydrogens is 300 g/mol. The van der Waals surface area contributed by atoms with Gasteiger partial charge < -0.3 is 19.7 Å². The number of hydrogen-bond acceptors (Lipinski definition) is 4. The van der Waals surface area contributed by atoms with Crippen molar-refractivity contribution in [2.75, 3.05) is 37.5 Å². The Morgan fingerprint density at radius 1 is 0.917 bits per heavy atom. The van der Waals surface area contributed by atoms with Gasteiger partial charge in [-0.3, -0.25) is 0 Å². The highest BCUT2D eigenvalue weighted by molar-refractivity contribution is 5.56. The summed E-state index contributed by atoms with van der Waals surface area (Å²) in [5, 5.41) is 3.46. The molecule has 1 N–H and O–H groups in total. The Balaban J connectivity index is 1.64. The van der Waals surface area contributed by atoms with Crippen LogP contribution in [-0.2, 0) is 6.54 Å². The van der Waals surface area contributed by atoms with E-state index < -0.39 is 0 Å². The van der Waals surface area contributed by atoms with E-state index in [9.17, 15) is 0 Å². The topological polar surface area (TPSA) is 33.7 Å². The molecule has 24 heavy (non-hydrogen) atoms. The van der Waals surface area contributed by atoms with Gasteiger partial charge in [-0.05, 0) is 49.6 Å². The van der Waals surface area contributed by atoms with Crippen molar-refractivity contribution in [2.45, 2.75) is 25.8 Å². The van der Waals surface area contributed by atoms with Crippen molar-refractivity contribution in [1.29, 1.82) is 0 Å². The number of hydrogen-bond donors (Lipinski definition) is 1. The minimum absolute atomic E-state index is 0.698. The average Bonchev–Trinajstić information content (AvgIpc) is 2.67. The molecule has 0 atom stereocenters. The molecule has 2 aromatic rings. The van der Waals surface area contributed by atoms with Gasteiger partial charge in [0.05, 0.1) is 14.2 Å². The second kappa shape index (κ2) is 7.95. The molecule has 4 nitrogen and oxygen atoms in total. The molecule has 0 spiro atoms. The fourth-order valence-electron chi connectivity index (χ4n) is 3.23. The van der Waals surface area contributed by atoms with E-state index in [-0.39, 0.29) is 0 Å². The molecule has 1 aliphatic heterocycles. The first-order chi connectivity index (χ1) is 11.8. The number of ether oxygens (including phenoxy) is 2. The Kier molecular flexibility index (Phi) is 5.47. The normalized spacial score (nSPS) is 14.3. The number of benzene rings is 2. The van der Waals surface area contributed by atoms with Crippen LogP contribution in [0.5, 0.6) is 11.5 Å². The maximum atomic E-state index is 5.48. The molecule has 0 amide bonds. The largest absolute Gasteiger partial charge is 0.493 e. The Labute approximate surface area is 144 Å². The van der Waals surface area contributed by atoms with E-state index in [1.165, 1.54) is 38.0 Å². The van der Waals surface area contributed by atoms with Gasteiger partial charge in [-0.2, -0.15) is 0 Å². The molecule has 0 aliphatic carbocycles. The van der Waals surface area contributed by atoms with E-state index in [0.717, 1.165) is 22.7 Å². The van der Waals surface area contributed by atoms with Crippen LogP contribution in [0.3, 0.4) is 0 Å². The Bertz CT molecular complexity index is 649. The van der Waals surface area contributed by atoms with Crippen LogP contribution in [-0.4, -0.2) is 27.3 Å². The van der Waals surface area contributed by atoms with Crippen molar-refractivity contribution in [3.05, 3.63) is 48.0 Å². The molecular formula is C20H26N2O2. The van der Waals surface area contributed by atoms with Crippen molar-refractivity contribution >= 4 is 11.4 Å². The zero-order valence-corrected chi connectivity index (χ0v) is 14.5. The first kappa shape index (κ1) is 16.5. The molecule has 0 bridgehead atoms. The van der Waals surface area contributed by atoms with Crippen LogP contribution in [0.15, 0.2) is 42.5 Å². The standard InChI is InChI=1S/C20H26N2O2/c1-23-19-8-6-7-16(20(19)24-2)15-21-17-9-11-18(12-10-17)22-13-4-3-5-14-22/h6-12,21H,3-5,13-15H2,1-2H3. The van der Waals surface area contributed by atoms with E-state index in [4.69, 9.17) is 9.47 Å². The van der Waals surface area contributed by atoms with Crippen molar-refractivity contribution in [1.82, 2.24) is 0 Å². The summed E-state index contributed by atoms with van der Waals surface area (Å²) in [6.07, 6.45) is 3.96. The minimum Gasteiger partial charge on any atom is -0.493 e. The number of nitrogens with zero attached hydrogens (tertiary/aromatic N) is 1. The lowest BCUT2D eigenvalue weighted by Crippen LogP contribution is -2.29. The third-order valence-corrected chi connectivity index (χ3v) is 4.56. The number of anilines is 2. The number of methoxy groups -OCH3 is 2. The van der Waals surface area contributed by atoms with Crippen molar-refractivity contribution < 1.29 is 9.47 Å². The molecule has 3 rings (SSSR count). The van der Waals surface area contributed by atoms with Gasteiger partial charge in [0, 0.05) is 36.6 Å². The summed E-state index contributed by atoms with van der Waals surface area (Å²) in [6, 6.07) is 14.7. The number of piperidine rings is 1. The lowest BCUT2D eigenvalue weighted by atomic mass is 10.1. The average molecular weight is 326 g/mol. The zero-order chi connectivity index (χ0) is 16.8. The van der Waals surface area contributed by atoms with E-state index in [2.05, 4.69) is 40.5 Å². The summed E-state index contributed by atoms with van der Waals surface area (Å²) < 4.78 is 10.8. The highest BCUT2D eigenvalue weighted by atomic mass is 16.5. The molecule has 2 aromatic carbocycles. The Morgan fingerprint density at radius 2 is 1.67 bits per heavy atom. The fourth-order valence-corrected chi connectivity index (χ4v) is 3.23. The van der Waals surface area contributed by atoms with Crippen LogP contribution in [0.1, 0.15) is 24.8 Å². The van der Waals surface area contributed by atoms with Gasteiger partial charge in [-0.25, -0.2) is 0 Å². The second-order valence-corrected chi connectivity index (χ2v) is 6.10. The SMILES string of the molecule is COc1cccc(CNc2ccc(N3CCCCC3)cc2)c1OC. The van der Waals surface area contributed by atoms with Gasteiger partial charge in [0.2, 0.25) is 0 Å². The second-order valence-electron chi connectivity index (χ2n) is 6.10. The van der Waals surface area contributed by atoms with Crippen LogP contribution >= 0.6 is 0 Å². The summed E-state index contributed by atoms with van der Waals surface area (Å²) in [6.45, 7) is 3.05. The van der Waals surface area contributed by atoms with Gasteiger partial charge in [0.15, 0.2) is 11.5 Å². The molecule has 1 aliphatic rings. The maximum Gasteiger partial charge on any atom is 0.165 e. The first-order valence-electron chi connectivity index (χ1n) is 8.60. The van der Waals surface area contributed by atoms with E-state index in [1.807, 2.05) is 12.1 Å². The van der Waals surface area contributed by atoms with Crippen molar-refractivity contribution in [2.24, 2.45) is 0 Å². The van der Waals surface area contributed by atoms with Crippen LogP contribution in [0.2, 0.25) is 0 Å². The smallest absolute Gasteiger partial charge is 0.165 e. The molecule has 0 aromatic heterocycles. The number of para-hydroxylation sites is 1. The maximum absolute atomic E-state index is 5.48. The van der Waals surface area contributed by atoms with Crippen LogP contribution < -0.4 is 19.7 Å². The quantitative estimate of drug-likeness (QED) is 0.858. The van der Waals surface area contributed by atoms with Crippen LogP contribution in [0.25, 0.3) is 0 Å². The molecule has 0 unspecified atom stereocenters. The Morgan fingerprint density at radius 3 is 2.33 bits per heavy atom. The van der Waals surface area contributed by atoms with Gasteiger partial charge in [-0.15, -0.1) is 0 Å². The molecule has 1 fully saturated rings. The van der Waals surface area contributed by atoms with Crippen molar-refractivity contribution in [3.8, 4) is 11.5 Å². The molecule has 1 heterocycles. The van der Waals surface area contributed by atoms with Gasteiger partial charge in [-0.1, -0.05) is 12.1 Å².